The first-order valence-electron chi connectivity index (χ1n) is 7.66. The number of rotatable bonds is 3. The van der Waals surface area contributed by atoms with Crippen LogP contribution in [-0.4, -0.2) is 21.4 Å². The highest BCUT2D eigenvalue weighted by molar-refractivity contribution is 7.17. The number of nitriles is 1. The molecule has 5 nitrogen and oxygen atoms in total. The summed E-state index contributed by atoms with van der Waals surface area (Å²) in [6, 6.07) is 4.06. The standard InChI is InChI=1S/C17H16N4OS/c1-11-6-20-21-8-12(9-22-17(11)21)2-3-14-10-23-15-4-13(5-18)7-19-16(14)15/h4,6-7,10,12H,2-3,8-9H2,1H3. The van der Waals surface area contributed by atoms with Gasteiger partial charge in [-0.15, -0.1) is 11.3 Å². The van der Waals surface area contributed by atoms with E-state index >= 15 is 0 Å². The normalized spacial score (nSPS) is 16.8. The van der Waals surface area contributed by atoms with Crippen LogP contribution >= 0.6 is 11.3 Å². The highest BCUT2D eigenvalue weighted by Crippen LogP contribution is 2.29. The number of aryl methyl sites for hydroxylation is 2. The molecule has 3 aromatic rings. The molecule has 1 atom stereocenters. The van der Waals surface area contributed by atoms with Gasteiger partial charge < -0.3 is 4.74 Å². The van der Waals surface area contributed by atoms with Crippen LogP contribution in [0.5, 0.6) is 5.88 Å². The van der Waals surface area contributed by atoms with E-state index in [1.807, 2.05) is 23.9 Å². The summed E-state index contributed by atoms with van der Waals surface area (Å²) in [6.07, 6.45) is 5.54. The first kappa shape index (κ1) is 14.2. The van der Waals surface area contributed by atoms with Gasteiger partial charge in [0.1, 0.15) is 6.07 Å². The smallest absolute Gasteiger partial charge is 0.214 e. The molecule has 0 spiro atoms. The largest absolute Gasteiger partial charge is 0.477 e. The Labute approximate surface area is 138 Å². The monoisotopic (exact) mass is 324 g/mol. The second-order valence-corrected chi connectivity index (χ2v) is 6.89. The number of aromatic nitrogens is 3. The molecule has 0 amide bonds. The molecule has 6 heteroatoms. The minimum absolute atomic E-state index is 0.468. The van der Waals surface area contributed by atoms with Crippen LogP contribution in [-0.2, 0) is 13.0 Å². The average Bonchev–Trinajstić information content (AvgIpc) is 3.16. The first-order valence-corrected chi connectivity index (χ1v) is 8.54. The molecule has 4 heterocycles. The number of thiophene rings is 1. The van der Waals surface area contributed by atoms with Gasteiger partial charge in [0.15, 0.2) is 0 Å². The number of nitrogens with zero attached hydrogens (tertiary/aromatic N) is 4. The Hall–Kier alpha value is -2.39. The van der Waals surface area contributed by atoms with E-state index in [4.69, 9.17) is 10.00 Å². The molecule has 3 aromatic heterocycles. The molecule has 0 saturated carbocycles. The molecule has 1 unspecified atom stereocenters. The van der Waals surface area contributed by atoms with Crippen LogP contribution in [0, 0.1) is 24.2 Å². The molecule has 116 valence electrons. The van der Waals surface area contributed by atoms with Gasteiger partial charge in [-0.2, -0.15) is 10.4 Å². The van der Waals surface area contributed by atoms with Gasteiger partial charge in [-0.3, -0.25) is 4.98 Å². The predicted molar refractivity (Wildman–Crippen MR) is 88.6 cm³/mol. The summed E-state index contributed by atoms with van der Waals surface area (Å²) in [4.78, 5) is 4.45. The van der Waals surface area contributed by atoms with Gasteiger partial charge in [0.05, 0.1) is 35.1 Å². The Morgan fingerprint density at radius 3 is 3.26 bits per heavy atom. The van der Waals surface area contributed by atoms with Crippen LogP contribution in [0.15, 0.2) is 23.8 Å². The van der Waals surface area contributed by atoms with Gasteiger partial charge in [0.25, 0.3) is 0 Å². The molecule has 4 rings (SSSR count). The van der Waals surface area contributed by atoms with Crippen molar-refractivity contribution in [1.82, 2.24) is 14.8 Å². The summed E-state index contributed by atoms with van der Waals surface area (Å²) in [7, 11) is 0. The minimum Gasteiger partial charge on any atom is -0.477 e. The zero-order valence-corrected chi connectivity index (χ0v) is 13.6. The zero-order valence-electron chi connectivity index (χ0n) is 12.8. The van der Waals surface area contributed by atoms with Gasteiger partial charge in [-0.1, -0.05) is 0 Å². The maximum absolute atomic E-state index is 8.95. The van der Waals surface area contributed by atoms with E-state index in [0.29, 0.717) is 11.5 Å². The Bertz CT molecular complexity index is 905. The number of ether oxygens (including phenoxy) is 1. The second kappa shape index (κ2) is 5.67. The SMILES string of the molecule is Cc1cnn2c1OCC(CCc1csc3cc(C#N)cnc13)C2. The summed E-state index contributed by atoms with van der Waals surface area (Å²) < 4.78 is 8.90. The molecule has 0 aliphatic carbocycles. The van der Waals surface area contributed by atoms with Crippen molar-refractivity contribution in [2.45, 2.75) is 26.3 Å². The number of hydrogen-bond donors (Lipinski definition) is 0. The second-order valence-electron chi connectivity index (χ2n) is 5.97. The fourth-order valence-corrected chi connectivity index (χ4v) is 4.01. The fourth-order valence-electron chi connectivity index (χ4n) is 3.02. The zero-order chi connectivity index (χ0) is 15.8. The van der Waals surface area contributed by atoms with Gasteiger partial charge in [0, 0.05) is 17.7 Å². The van der Waals surface area contributed by atoms with Crippen molar-refractivity contribution in [2.75, 3.05) is 6.61 Å². The Morgan fingerprint density at radius 1 is 1.48 bits per heavy atom. The van der Waals surface area contributed by atoms with Gasteiger partial charge in [-0.25, -0.2) is 4.68 Å². The van der Waals surface area contributed by atoms with E-state index in [0.717, 1.165) is 47.7 Å². The van der Waals surface area contributed by atoms with Crippen LogP contribution in [0.2, 0.25) is 0 Å². The maximum atomic E-state index is 8.95. The lowest BCUT2D eigenvalue weighted by Gasteiger charge is -2.24. The Kier molecular flexibility index (Phi) is 3.50. The molecule has 0 aromatic carbocycles. The van der Waals surface area contributed by atoms with Crippen molar-refractivity contribution in [2.24, 2.45) is 5.92 Å². The number of fused-ring (bicyclic) bond motifs is 2. The average molecular weight is 324 g/mol. The Morgan fingerprint density at radius 2 is 2.39 bits per heavy atom. The van der Waals surface area contributed by atoms with Crippen molar-refractivity contribution in [1.29, 1.82) is 5.26 Å². The van der Waals surface area contributed by atoms with Crippen molar-refractivity contribution in [3.05, 3.63) is 40.5 Å². The molecule has 1 aliphatic rings. The van der Waals surface area contributed by atoms with Crippen molar-refractivity contribution in [3.63, 3.8) is 0 Å². The quantitative estimate of drug-likeness (QED) is 0.741. The predicted octanol–water partition coefficient (Wildman–Crippen LogP) is 3.31. The third-order valence-electron chi connectivity index (χ3n) is 4.29. The number of hydrogen-bond acceptors (Lipinski definition) is 5. The van der Waals surface area contributed by atoms with Crippen LogP contribution in [0.1, 0.15) is 23.1 Å². The summed E-state index contributed by atoms with van der Waals surface area (Å²) in [5.41, 5.74) is 4.01. The van der Waals surface area contributed by atoms with Crippen molar-refractivity contribution in [3.8, 4) is 11.9 Å². The molecule has 0 N–H and O–H groups in total. The van der Waals surface area contributed by atoms with Crippen LogP contribution in [0.3, 0.4) is 0 Å². The van der Waals surface area contributed by atoms with E-state index in [1.165, 1.54) is 5.56 Å². The molecule has 0 saturated heterocycles. The molecule has 0 radical (unpaired) electrons. The van der Waals surface area contributed by atoms with E-state index < -0.39 is 0 Å². The summed E-state index contributed by atoms with van der Waals surface area (Å²) in [6.45, 7) is 3.69. The summed E-state index contributed by atoms with van der Waals surface area (Å²) in [5.74, 6) is 1.38. The highest BCUT2D eigenvalue weighted by Gasteiger charge is 2.22. The Balaban J connectivity index is 1.47. The van der Waals surface area contributed by atoms with Crippen LogP contribution < -0.4 is 4.74 Å². The first-order chi connectivity index (χ1) is 11.2. The molecule has 1 aliphatic heterocycles. The van der Waals surface area contributed by atoms with Gasteiger partial charge >= 0.3 is 0 Å². The molecular weight excluding hydrogens is 308 g/mol. The van der Waals surface area contributed by atoms with Crippen molar-refractivity contribution >= 4 is 21.6 Å². The lowest BCUT2D eigenvalue weighted by molar-refractivity contribution is 0.157. The van der Waals surface area contributed by atoms with Gasteiger partial charge in [0.2, 0.25) is 5.88 Å². The summed E-state index contributed by atoms with van der Waals surface area (Å²) in [5, 5.41) is 15.5. The molecule has 23 heavy (non-hydrogen) atoms. The van der Waals surface area contributed by atoms with Crippen LogP contribution in [0.4, 0.5) is 0 Å². The molecule has 0 fully saturated rings. The third kappa shape index (κ3) is 2.57. The lowest BCUT2D eigenvalue weighted by Crippen LogP contribution is -2.26. The summed E-state index contributed by atoms with van der Waals surface area (Å²) >= 11 is 1.66. The van der Waals surface area contributed by atoms with E-state index in [9.17, 15) is 0 Å². The maximum Gasteiger partial charge on any atom is 0.214 e. The van der Waals surface area contributed by atoms with E-state index in [1.54, 1.807) is 17.5 Å². The lowest BCUT2D eigenvalue weighted by atomic mass is 10.00. The minimum atomic E-state index is 0.468. The van der Waals surface area contributed by atoms with Crippen LogP contribution in [0.25, 0.3) is 10.2 Å². The topological polar surface area (TPSA) is 63.7 Å². The third-order valence-corrected chi connectivity index (χ3v) is 5.25. The fraction of sp³-hybridized carbons (Fsp3) is 0.353. The van der Waals surface area contributed by atoms with Gasteiger partial charge in [-0.05, 0) is 36.8 Å². The molecule has 0 bridgehead atoms. The van der Waals surface area contributed by atoms with E-state index in [2.05, 4.69) is 21.5 Å². The highest BCUT2D eigenvalue weighted by atomic mass is 32.1. The molecular formula is C17H16N4OS. The number of pyridine rings is 1. The van der Waals surface area contributed by atoms with Crippen molar-refractivity contribution < 1.29 is 4.74 Å². The van der Waals surface area contributed by atoms with E-state index in [-0.39, 0.29) is 0 Å².